The summed E-state index contributed by atoms with van der Waals surface area (Å²) in [5.74, 6) is 0.895. The van der Waals surface area contributed by atoms with Crippen molar-refractivity contribution < 1.29 is 4.39 Å². The van der Waals surface area contributed by atoms with E-state index in [1.165, 1.54) is 29.4 Å². The Labute approximate surface area is 149 Å². The molecule has 128 valence electrons. The molecule has 2 aromatic carbocycles. The lowest BCUT2D eigenvalue weighted by Gasteiger charge is -2.36. The molecule has 24 heavy (non-hydrogen) atoms. The van der Waals surface area contributed by atoms with Gasteiger partial charge >= 0.3 is 0 Å². The predicted molar refractivity (Wildman–Crippen MR) is 101 cm³/mol. The van der Waals surface area contributed by atoms with Crippen LogP contribution in [0.15, 0.2) is 53.4 Å². The third kappa shape index (κ3) is 3.68. The molecule has 1 heterocycles. The summed E-state index contributed by atoms with van der Waals surface area (Å²) in [5.41, 5.74) is 2.37. The highest BCUT2D eigenvalue weighted by molar-refractivity contribution is 7.99. The quantitative estimate of drug-likeness (QED) is 0.720. The fourth-order valence-corrected chi connectivity index (χ4v) is 4.87. The highest BCUT2D eigenvalue weighted by Gasteiger charge is 2.35. The van der Waals surface area contributed by atoms with Crippen LogP contribution in [0.3, 0.4) is 0 Å². The SMILES string of the molecule is CCCC[C@]1(CC)CSc2ccccc2[C@H](c2cccc(F)c2)N1. The molecule has 3 heteroatoms. The Hall–Kier alpha value is -1.32. The van der Waals surface area contributed by atoms with E-state index >= 15 is 0 Å². The summed E-state index contributed by atoms with van der Waals surface area (Å²) in [5, 5.41) is 3.93. The maximum Gasteiger partial charge on any atom is 0.123 e. The van der Waals surface area contributed by atoms with E-state index < -0.39 is 0 Å². The van der Waals surface area contributed by atoms with E-state index in [1.807, 2.05) is 23.9 Å². The molecule has 1 nitrogen and oxygen atoms in total. The monoisotopic (exact) mass is 343 g/mol. The van der Waals surface area contributed by atoms with Crippen molar-refractivity contribution in [2.45, 2.75) is 56.0 Å². The molecule has 0 radical (unpaired) electrons. The fourth-order valence-electron chi connectivity index (χ4n) is 3.48. The van der Waals surface area contributed by atoms with Crippen LogP contribution in [0.4, 0.5) is 4.39 Å². The Morgan fingerprint density at radius 1 is 1.17 bits per heavy atom. The number of rotatable bonds is 5. The molecule has 0 bridgehead atoms. The van der Waals surface area contributed by atoms with Gasteiger partial charge in [0.2, 0.25) is 0 Å². The van der Waals surface area contributed by atoms with Crippen LogP contribution in [-0.4, -0.2) is 11.3 Å². The number of halogens is 1. The minimum absolute atomic E-state index is 0.0451. The first-order valence-corrected chi connectivity index (χ1v) is 9.91. The third-order valence-electron chi connectivity index (χ3n) is 5.05. The fraction of sp³-hybridized carbons (Fsp3) is 0.429. The lowest BCUT2D eigenvalue weighted by molar-refractivity contribution is 0.297. The topological polar surface area (TPSA) is 12.0 Å². The molecule has 0 amide bonds. The van der Waals surface area contributed by atoms with Crippen molar-refractivity contribution in [1.82, 2.24) is 5.32 Å². The number of benzene rings is 2. The van der Waals surface area contributed by atoms with Crippen LogP contribution in [0.2, 0.25) is 0 Å². The van der Waals surface area contributed by atoms with Gasteiger partial charge in [0, 0.05) is 16.2 Å². The van der Waals surface area contributed by atoms with Crippen LogP contribution < -0.4 is 5.32 Å². The van der Waals surface area contributed by atoms with Gasteiger partial charge < -0.3 is 0 Å². The highest BCUT2D eigenvalue weighted by Crippen LogP contribution is 2.40. The van der Waals surface area contributed by atoms with Crippen molar-refractivity contribution in [2.75, 3.05) is 5.75 Å². The summed E-state index contributed by atoms with van der Waals surface area (Å²) in [6, 6.07) is 15.6. The maximum absolute atomic E-state index is 13.8. The highest BCUT2D eigenvalue weighted by atomic mass is 32.2. The number of unbranched alkanes of at least 4 members (excludes halogenated alkanes) is 1. The van der Waals surface area contributed by atoms with Gasteiger partial charge in [0.05, 0.1) is 6.04 Å². The molecule has 3 rings (SSSR count). The summed E-state index contributed by atoms with van der Waals surface area (Å²) in [6.45, 7) is 4.51. The molecular weight excluding hydrogens is 317 g/mol. The minimum Gasteiger partial charge on any atom is -0.300 e. The summed E-state index contributed by atoms with van der Waals surface area (Å²) in [7, 11) is 0. The standard InChI is InChI=1S/C21H26FNS/c1-3-5-13-21(4-2)15-24-19-12-7-6-11-18(19)20(23-21)16-9-8-10-17(22)14-16/h6-12,14,20,23H,3-5,13,15H2,1-2H3/t20-,21+/m0/s1. The summed E-state index contributed by atoms with van der Waals surface area (Å²) in [4.78, 5) is 1.31. The van der Waals surface area contributed by atoms with Crippen LogP contribution in [0.25, 0.3) is 0 Å². The van der Waals surface area contributed by atoms with Gasteiger partial charge in [-0.05, 0) is 42.2 Å². The third-order valence-corrected chi connectivity index (χ3v) is 6.43. The Balaban J connectivity index is 2.04. The molecule has 1 aliphatic rings. The lowest BCUT2D eigenvalue weighted by Crippen LogP contribution is -2.48. The largest absolute Gasteiger partial charge is 0.300 e. The molecule has 0 unspecified atom stereocenters. The number of hydrogen-bond donors (Lipinski definition) is 1. The Bertz CT molecular complexity index is 687. The minimum atomic E-state index is -0.167. The molecule has 0 saturated carbocycles. The van der Waals surface area contributed by atoms with Crippen LogP contribution in [0, 0.1) is 5.82 Å². The van der Waals surface area contributed by atoms with E-state index in [0.717, 1.165) is 24.2 Å². The molecule has 0 spiro atoms. The Morgan fingerprint density at radius 3 is 2.75 bits per heavy atom. The van der Waals surface area contributed by atoms with E-state index in [-0.39, 0.29) is 17.4 Å². The predicted octanol–water partition coefficient (Wildman–Crippen LogP) is 5.95. The average Bonchev–Trinajstić information content (AvgIpc) is 2.78. The summed E-state index contributed by atoms with van der Waals surface area (Å²) in [6.07, 6.45) is 4.66. The maximum atomic E-state index is 13.8. The van der Waals surface area contributed by atoms with E-state index in [1.54, 1.807) is 6.07 Å². The Morgan fingerprint density at radius 2 is 2.00 bits per heavy atom. The van der Waals surface area contributed by atoms with Crippen molar-refractivity contribution in [2.24, 2.45) is 0 Å². The van der Waals surface area contributed by atoms with Gasteiger partial charge in [0.25, 0.3) is 0 Å². The number of thioether (sulfide) groups is 1. The molecule has 2 aromatic rings. The van der Waals surface area contributed by atoms with E-state index in [9.17, 15) is 4.39 Å². The molecule has 0 aliphatic carbocycles. The van der Waals surface area contributed by atoms with Crippen molar-refractivity contribution in [3.05, 3.63) is 65.5 Å². The van der Waals surface area contributed by atoms with Crippen molar-refractivity contribution in [1.29, 1.82) is 0 Å². The molecule has 0 saturated heterocycles. The molecule has 2 atom stereocenters. The lowest BCUT2D eigenvalue weighted by atomic mass is 9.88. The van der Waals surface area contributed by atoms with E-state index in [2.05, 4.69) is 43.4 Å². The summed E-state index contributed by atoms with van der Waals surface area (Å²) >= 11 is 1.94. The van der Waals surface area contributed by atoms with Crippen molar-refractivity contribution in [3.8, 4) is 0 Å². The smallest absolute Gasteiger partial charge is 0.123 e. The first-order chi connectivity index (χ1) is 11.7. The zero-order chi connectivity index (χ0) is 17.0. The second-order valence-corrected chi connectivity index (χ2v) is 7.71. The second-order valence-electron chi connectivity index (χ2n) is 6.70. The second kappa shape index (κ2) is 7.71. The molecule has 0 fully saturated rings. The average molecular weight is 344 g/mol. The van der Waals surface area contributed by atoms with Gasteiger partial charge in [0.1, 0.15) is 5.82 Å². The van der Waals surface area contributed by atoms with Gasteiger partial charge in [-0.25, -0.2) is 4.39 Å². The zero-order valence-electron chi connectivity index (χ0n) is 14.5. The van der Waals surface area contributed by atoms with E-state index in [0.29, 0.717) is 0 Å². The zero-order valence-corrected chi connectivity index (χ0v) is 15.3. The van der Waals surface area contributed by atoms with Gasteiger partial charge in [0.15, 0.2) is 0 Å². The van der Waals surface area contributed by atoms with Crippen molar-refractivity contribution >= 4 is 11.8 Å². The van der Waals surface area contributed by atoms with Crippen LogP contribution in [-0.2, 0) is 0 Å². The van der Waals surface area contributed by atoms with Gasteiger partial charge in [-0.1, -0.05) is 57.0 Å². The van der Waals surface area contributed by atoms with Gasteiger partial charge in [-0.3, -0.25) is 5.32 Å². The summed E-state index contributed by atoms with van der Waals surface area (Å²) < 4.78 is 13.8. The molecule has 0 aromatic heterocycles. The first kappa shape index (κ1) is 17.5. The van der Waals surface area contributed by atoms with Crippen LogP contribution >= 0.6 is 11.8 Å². The van der Waals surface area contributed by atoms with Gasteiger partial charge in [-0.2, -0.15) is 0 Å². The molecule has 1 aliphatic heterocycles. The number of fused-ring (bicyclic) bond motifs is 1. The van der Waals surface area contributed by atoms with Gasteiger partial charge in [-0.15, -0.1) is 11.8 Å². The van der Waals surface area contributed by atoms with E-state index in [4.69, 9.17) is 0 Å². The normalized spacial score (nSPS) is 23.5. The molecular formula is C21H26FNS. The van der Waals surface area contributed by atoms with Crippen LogP contribution in [0.5, 0.6) is 0 Å². The first-order valence-electron chi connectivity index (χ1n) is 8.92. The van der Waals surface area contributed by atoms with Crippen molar-refractivity contribution in [3.63, 3.8) is 0 Å². The van der Waals surface area contributed by atoms with Crippen LogP contribution in [0.1, 0.15) is 56.7 Å². The molecule has 1 N–H and O–H groups in total. The number of hydrogen-bond acceptors (Lipinski definition) is 2. The Kier molecular flexibility index (Phi) is 5.62. The number of nitrogens with one attached hydrogen (secondary N) is 1.